The second kappa shape index (κ2) is 6.25. The number of rotatable bonds is 2. The first kappa shape index (κ1) is 14.1. The van der Waals surface area contributed by atoms with Gasteiger partial charge in [0, 0.05) is 12.6 Å². The number of likely N-dealkylation sites (tertiary alicyclic amines) is 1. The fourth-order valence-corrected chi connectivity index (χ4v) is 2.48. The number of piperidine rings is 1. The van der Waals surface area contributed by atoms with Crippen LogP contribution in [0.4, 0.5) is 0 Å². The highest BCUT2D eigenvalue weighted by Gasteiger charge is 2.25. The molecule has 0 aliphatic carbocycles. The fraction of sp³-hybridized carbons (Fsp3) is 0.375. The van der Waals surface area contributed by atoms with Gasteiger partial charge in [0.2, 0.25) is 0 Å². The topological polar surface area (TPSA) is 64.3 Å². The van der Waals surface area contributed by atoms with E-state index >= 15 is 0 Å². The Kier molecular flexibility index (Phi) is 4.41. The van der Waals surface area contributed by atoms with Crippen LogP contribution in [0.1, 0.15) is 31.7 Å². The predicted octanol–water partition coefficient (Wildman–Crippen LogP) is 2.70. The maximum atomic E-state index is 12.4. The van der Waals surface area contributed by atoms with Crippen LogP contribution in [0.3, 0.4) is 0 Å². The number of hydrogen-bond donors (Lipinski definition) is 1. The maximum absolute atomic E-state index is 12.4. The lowest BCUT2D eigenvalue weighted by Gasteiger charge is -2.33. The van der Waals surface area contributed by atoms with Crippen LogP contribution in [0, 0.1) is 11.3 Å². The zero-order valence-electron chi connectivity index (χ0n) is 11.5. The summed E-state index contributed by atoms with van der Waals surface area (Å²) in [6, 6.07) is 8.68. The van der Waals surface area contributed by atoms with Crippen LogP contribution in [0.2, 0.25) is 0 Å². The third-order valence-corrected chi connectivity index (χ3v) is 3.60. The Morgan fingerprint density at radius 3 is 2.95 bits per heavy atom. The van der Waals surface area contributed by atoms with Gasteiger partial charge in [0.25, 0.3) is 5.91 Å². The number of nitrogens with zero attached hydrogens (tertiary/aromatic N) is 2. The first-order valence-electron chi connectivity index (χ1n) is 6.83. The molecule has 1 atom stereocenters. The SMILES string of the molecule is CC1CCCCN1C(=O)/C(C#N)=C/c1cccc(O)c1. The standard InChI is InChI=1S/C16H18N2O2/c1-12-5-2-3-8-18(12)16(20)14(11-17)9-13-6-4-7-15(19)10-13/h4,6-7,9-10,12,19H,2-3,5,8H2,1H3/b14-9+. The van der Waals surface area contributed by atoms with E-state index in [0.717, 1.165) is 19.3 Å². The first-order valence-corrected chi connectivity index (χ1v) is 6.83. The zero-order chi connectivity index (χ0) is 14.5. The average Bonchev–Trinajstić information content (AvgIpc) is 2.44. The van der Waals surface area contributed by atoms with E-state index in [1.165, 1.54) is 12.1 Å². The summed E-state index contributed by atoms with van der Waals surface area (Å²) in [4.78, 5) is 14.2. The van der Waals surface area contributed by atoms with Crippen LogP contribution in [-0.2, 0) is 4.79 Å². The van der Waals surface area contributed by atoms with E-state index in [9.17, 15) is 15.2 Å². The highest BCUT2D eigenvalue weighted by atomic mass is 16.3. The molecular weight excluding hydrogens is 252 g/mol. The fourth-order valence-electron chi connectivity index (χ4n) is 2.48. The van der Waals surface area contributed by atoms with Gasteiger partial charge >= 0.3 is 0 Å². The molecule has 1 amide bonds. The molecule has 4 heteroatoms. The van der Waals surface area contributed by atoms with Crippen LogP contribution < -0.4 is 0 Å². The van der Waals surface area contributed by atoms with Crippen molar-refractivity contribution < 1.29 is 9.90 Å². The molecule has 4 nitrogen and oxygen atoms in total. The van der Waals surface area contributed by atoms with Crippen molar-refractivity contribution in [1.29, 1.82) is 5.26 Å². The van der Waals surface area contributed by atoms with Gasteiger partial charge in [-0.05, 0) is 50.0 Å². The number of carbonyl (C=O) groups excluding carboxylic acids is 1. The van der Waals surface area contributed by atoms with Crippen molar-refractivity contribution in [3.8, 4) is 11.8 Å². The molecule has 1 aromatic carbocycles. The number of aromatic hydroxyl groups is 1. The molecule has 0 aromatic heterocycles. The van der Waals surface area contributed by atoms with Crippen molar-refractivity contribution in [2.24, 2.45) is 0 Å². The second-order valence-corrected chi connectivity index (χ2v) is 5.11. The number of nitriles is 1. The van der Waals surface area contributed by atoms with E-state index in [1.54, 1.807) is 23.1 Å². The van der Waals surface area contributed by atoms with Gasteiger partial charge in [-0.1, -0.05) is 12.1 Å². The van der Waals surface area contributed by atoms with Gasteiger partial charge in [-0.15, -0.1) is 0 Å². The molecule has 1 aromatic rings. The number of phenolic OH excluding ortho intramolecular Hbond substituents is 1. The van der Waals surface area contributed by atoms with E-state index in [4.69, 9.17) is 0 Å². The molecule has 1 heterocycles. The number of hydrogen-bond acceptors (Lipinski definition) is 3. The summed E-state index contributed by atoms with van der Waals surface area (Å²) < 4.78 is 0. The molecule has 2 rings (SSSR count). The Bertz CT molecular complexity index is 572. The first-order chi connectivity index (χ1) is 9.61. The molecule has 0 radical (unpaired) electrons. The largest absolute Gasteiger partial charge is 0.508 e. The van der Waals surface area contributed by atoms with Crippen molar-refractivity contribution >= 4 is 12.0 Å². The minimum Gasteiger partial charge on any atom is -0.508 e. The second-order valence-electron chi connectivity index (χ2n) is 5.11. The van der Waals surface area contributed by atoms with Crippen molar-refractivity contribution in [2.45, 2.75) is 32.2 Å². The van der Waals surface area contributed by atoms with E-state index in [-0.39, 0.29) is 23.3 Å². The molecule has 104 valence electrons. The molecule has 1 N–H and O–H groups in total. The van der Waals surface area contributed by atoms with Gasteiger partial charge in [-0.2, -0.15) is 5.26 Å². The Hall–Kier alpha value is -2.28. The van der Waals surface area contributed by atoms with Gasteiger partial charge < -0.3 is 10.0 Å². The number of amides is 1. The van der Waals surface area contributed by atoms with E-state index in [2.05, 4.69) is 0 Å². The molecular formula is C16H18N2O2. The van der Waals surface area contributed by atoms with E-state index < -0.39 is 0 Å². The van der Waals surface area contributed by atoms with Crippen molar-refractivity contribution in [1.82, 2.24) is 4.90 Å². The molecule has 1 unspecified atom stereocenters. The molecule has 1 aliphatic heterocycles. The number of carbonyl (C=O) groups is 1. The Morgan fingerprint density at radius 2 is 2.30 bits per heavy atom. The summed E-state index contributed by atoms with van der Waals surface area (Å²) in [5.41, 5.74) is 0.768. The Balaban J connectivity index is 2.23. The van der Waals surface area contributed by atoms with Crippen molar-refractivity contribution in [3.05, 3.63) is 35.4 Å². The van der Waals surface area contributed by atoms with Crippen LogP contribution in [-0.4, -0.2) is 28.5 Å². The summed E-state index contributed by atoms with van der Waals surface area (Å²) >= 11 is 0. The monoisotopic (exact) mass is 270 g/mol. The average molecular weight is 270 g/mol. The van der Waals surface area contributed by atoms with Gasteiger partial charge in [-0.25, -0.2) is 0 Å². The van der Waals surface area contributed by atoms with E-state index in [0.29, 0.717) is 12.1 Å². The number of phenols is 1. The summed E-state index contributed by atoms with van der Waals surface area (Å²) in [5, 5.41) is 18.6. The van der Waals surface area contributed by atoms with E-state index in [1.807, 2.05) is 13.0 Å². The zero-order valence-corrected chi connectivity index (χ0v) is 11.5. The molecule has 1 saturated heterocycles. The lowest BCUT2D eigenvalue weighted by Crippen LogP contribution is -2.42. The Morgan fingerprint density at radius 1 is 1.50 bits per heavy atom. The highest BCUT2D eigenvalue weighted by Crippen LogP contribution is 2.20. The van der Waals surface area contributed by atoms with Gasteiger partial charge in [0.1, 0.15) is 17.4 Å². The van der Waals surface area contributed by atoms with Gasteiger partial charge in [0.05, 0.1) is 0 Å². The van der Waals surface area contributed by atoms with Crippen LogP contribution >= 0.6 is 0 Å². The summed E-state index contributed by atoms with van der Waals surface area (Å²) in [5.74, 6) is -0.0992. The third kappa shape index (κ3) is 3.18. The van der Waals surface area contributed by atoms with Gasteiger partial charge in [-0.3, -0.25) is 4.79 Å². The lowest BCUT2D eigenvalue weighted by atomic mass is 10.0. The smallest absolute Gasteiger partial charge is 0.264 e. The highest BCUT2D eigenvalue weighted by molar-refractivity contribution is 6.01. The quantitative estimate of drug-likeness (QED) is 0.663. The Labute approximate surface area is 118 Å². The van der Waals surface area contributed by atoms with Crippen LogP contribution in [0.15, 0.2) is 29.8 Å². The lowest BCUT2D eigenvalue weighted by molar-refractivity contribution is -0.129. The summed E-state index contributed by atoms with van der Waals surface area (Å²) in [6.45, 7) is 2.72. The minimum absolute atomic E-state index is 0.115. The van der Waals surface area contributed by atoms with Crippen molar-refractivity contribution in [2.75, 3.05) is 6.54 Å². The van der Waals surface area contributed by atoms with Crippen LogP contribution in [0.25, 0.3) is 6.08 Å². The maximum Gasteiger partial charge on any atom is 0.264 e. The third-order valence-electron chi connectivity index (χ3n) is 3.60. The number of benzene rings is 1. The molecule has 0 bridgehead atoms. The van der Waals surface area contributed by atoms with Crippen molar-refractivity contribution in [3.63, 3.8) is 0 Å². The van der Waals surface area contributed by atoms with Gasteiger partial charge in [0.15, 0.2) is 0 Å². The molecule has 1 aliphatic rings. The predicted molar refractivity (Wildman–Crippen MR) is 76.7 cm³/mol. The normalized spacial score (nSPS) is 19.5. The summed E-state index contributed by atoms with van der Waals surface area (Å²) in [7, 11) is 0. The van der Waals surface area contributed by atoms with Crippen LogP contribution in [0.5, 0.6) is 5.75 Å². The summed E-state index contributed by atoms with van der Waals surface area (Å²) in [6.07, 6.45) is 4.63. The molecule has 20 heavy (non-hydrogen) atoms. The molecule has 0 spiro atoms. The minimum atomic E-state index is -0.219. The molecule has 1 fully saturated rings. The molecule has 0 saturated carbocycles.